The third-order valence-corrected chi connectivity index (χ3v) is 3.07. The van der Waals surface area contributed by atoms with Gasteiger partial charge in [0.1, 0.15) is 12.6 Å². The molecule has 0 bridgehead atoms. The molecule has 2 rings (SSSR count). The van der Waals surface area contributed by atoms with Gasteiger partial charge in [0.05, 0.1) is 5.56 Å². The fourth-order valence-electron chi connectivity index (χ4n) is 1.85. The summed E-state index contributed by atoms with van der Waals surface area (Å²) in [6, 6.07) is 4.18. The topological polar surface area (TPSA) is 116 Å². The Balaban J connectivity index is 2.08. The first-order valence-corrected chi connectivity index (χ1v) is 6.13. The zero-order valence-electron chi connectivity index (χ0n) is 11.1. The van der Waals surface area contributed by atoms with Gasteiger partial charge in [-0.05, 0) is 31.2 Å². The van der Waals surface area contributed by atoms with Crippen LogP contribution in [0.2, 0.25) is 0 Å². The zero-order chi connectivity index (χ0) is 15.6. The van der Waals surface area contributed by atoms with E-state index in [9.17, 15) is 19.2 Å². The van der Waals surface area contributed by atoms with Gasteiger partial charge < -0.3 is 15.3 Å². The Morgan fingerprint density at radius 2 is 1.90 bits per heavy atom. The number of carboxylic acid groups (broad SMARTS) is 1. The lowest BCUT2D eigenvalue weighted by atomic mass is 10.2. The molecule has 4 amide bonds. The number of hydrogen-bond donors (Lipinski definition) is 3. The van der Waals surface area contributed by atoms with Crippen LogP contribution in [0.15, 0.2) is 24.3 Å². The van der Waals surface area contributed by atoms with Crippen LogP contribution in [-0.4, -0.2) is 46.4 Å². The Hall–Kier alpha value is -2.90. The van der Waals surface area contributed by atoms with Crippen molar-refractivity contribution < 1.29 is 24.3 Å². The number of imide groups is 1. The van der Waals surface area contributed by atoms with Crippen molar-refractivity contribution in [2.24, 2.45) is 0 Å². The van der Waals surface area contributed by atoms with E-state index in [4.69, 9.17) is 5.11 Å². The molecule has 1 saturated heterocycles. The second-order valence-electron chi connectivity index (χ2n) is 4.53. The van der Waals surface area contributed by atoms with Crippen molar-refractivity contribution in [2.75, 3.05) is 11.9 Å². The van der Waals surface area contributed by atoms with Crippen molar-refractivity contribution in [1.29, 1.82) is 0 Å². The highest BCUT2D eigenvalue weighted by Crippen LogP contribution is 2.12. The normalized spacial score (nSPS) is 18.1. The predicted molar refractivity (Wildman–Crippen MR) is 71.7 cm³/mol. The lowest BCUT2D eigenvalue weighted by Crippen LogP contribution is -2.59. The number of amides is 4. The van der Waals surface area contributed by atoms with Crippen molar-refractivity contribution in [1.82, 2.24) is 10.2 Å². The minimum atomic E-state index is -1.07. The van der Waals surface area contributed by atoms with E-state index in [1.54, 1.807) is 0 Å². The van der Waals surface area contributed by atoms with Gasteiger partial charge in [0, 0.05) is 5.69 Å². The van der Waals surface area contributed by atoms with Crippen LogP contribution in [0.5, 0.6) is 0 Å². The maximum absolute atomic E-state index is 12.1. The number of aromatic carboxylic acids is 1. The molecule has 1 aromatic carbocycles. The van der Waals surface area contributed by atoms with Crippen molar-refractivity contribution >= 4 is 29.5 Å². The Morgan fingerprint density at radius 1 is 1.29 bits per heavy atom. The molecule has 1 atom stereocenters. The Bertz CT molecular complexity index is 611. The molecule has 0 aliphatic carbocycles. The first-order chi connectivity index (χ1) is 9.88. The van der Waals surface area contributed by atoms with Crippen molar-refractivity contribution in [2.45, 2.75) is 13.0 Å². The summed E-state index contributed by atoms with van der Waals surface area (Å²) in [7, 11) is 0. The number of nitrogens with one attached hydrogen (secondary N) is 2. The van der Waals surface area contributed by atoms with Crippen LogP contribution >= 0.6 is 0 Å². The molecular weight excluding hydrogens is 278 g/mol. The summed E-state index contributed by atoms with van der Waals surface area (Å²) in [4.78, 5) is 46.6. The van der Waals surface area contributed by atoms with Crippen LogP contribution in [0.4, 0.5) is 10.5 Å². The summed E-state index contributed by atoms with van der Waals surface area (Å²) in [6.45, 7) is 1.29. The molecule has 0 saturated carbocycles. The van der Waals surface area contributed by atoms with Gasteiger partial charge >= 0.3 is 12.0 Å². The summed E-state index contributed by atoms with van der Waals surface area (Å²) in [5.74, 6) is -2.16. The van der Waals surface area contributed by atoms with Crippen LogP contribution in [0, 0.1) is 0 Å². The molecule has 1 aliphatic heterocycles. The van der Waals surface area contributed by atoms with E-state index >= 15 is 0 Å². The molecule has 1 unspecified atom stereocenters. The molecule has 1 aliphatic rings. The van der Waals surface area contributed by atoms with E-state index in [1.165, 1.54) is 31.2 Å². The number of nitrogens with zero attached hydrogens (tertiary/aromatic N) is 1. The summed E-state index contributed by atoms with van der Waals surface area (Å²) in [6.07, 6.45) is 0. The van der Waals surface area contributed by atoms with Crippen LogP contribution in [-0.2, 0) is 9.59 Å². The summed E-state index contributed by atoms with van der Waals surface area (Å²) >= 11 is 0. The molecule has 21 heavy (non-hydrogen) atoms. The average Bonchev–Trinajstić information content (AvgIpc) is 2.43. The Morgan fingerprint density at radius 3 is 2.48 bits per heavy atom. The third-order valence-electron chi connectivity index (χ3n) is 3.07. The molecule has 0 aromatic heterocycles. The van der Waals surface area contributed by atoms with Crippen LogP contribution in [0.25, 0.3) is 0 Å². The van der Waals surface area contributed by atoms with E-state index in [2.05, 4.69) is 10.6 Å². The van der Waals surface area contributed by atoms with Gasteiger partial charge in [-0.25, -0.2) is 9.59 Å². The van der Waals surface area contributed by atoms with Crippen LogP contribution in [0.1, 0.15) is 17.3 Å². The fourth-order valence-corrected chi connectivity index (χ4v) is 1.85. The highest BCUT2D eigenvalue weighted by molar-refractivity contribution is 6.05. The number of carboxylic acids is 1. The van der Waals surface area contributed by atoms with Crippen molar-refractivity contribution in [3.63, 3.8) is 0 Å². The van der Waals surface area contributed by atoms with Crippen molar-refractivity contribution in [3.05, 3.63) is 29.8 Å². The lowest BCUT2D eigenvalue weighted by molar-refractivity contribution is -0.137. The average molecular weight is 291 g/mol. The number of carbonyl (C=O) groups excluding carboxylic acids is 3. The number of piperazine rings is 1. The lowest BCUT2D eigenvalue weighted by Gasteiger charge is -2.31. The highest BCUT2D eigenvalue weighted by Gasteiger charge is 2.33. The SMILES string of the molecule is CC1C(=O)NC(=O)CN1C(=O)Nc1ccc(C(=O)O)cc1. The van der Waals surface area contributed by atoms with E-state index in [1.807, 2.05) is 0 Å². The zero-order valence-corrected chi connectivity index (χ0v) is 11.1. The van der Waals surface area contributed by atoms with E-state index in [0.29, 0.717) is 5.69 Å². The minimum absolute atomic E-state index is 0.0916. The molecule has 1 heterocycles. The van der Waals surface area contributed by atoms with Gasteiger partial charge in [-0.3, -0.25) is 14.9 Å². The largest absolute Gasteiger partial charge is 0.478 e. The molecule has 0 spiro atoms. The molecule has 8 heteroatoms. The number of benzene rings is 1. The Labute approximate surface area is 119 Å². The van der Waals surface area contributed by atoms with Gasteiger partial charge in [-0.2, -0.15) is 0 Å². The van der Waals surface area contributed by atoms with E-state index in [0.717, 1.165) is 4.90 Å². The summed E-state index contributed by atoms with van der Waals surface area (Å²) < 4.78 is 0. The molecule has 3 N–H and O–H groups in total. The van der Waals surface area contributed by atoms with Gasteiger partial charge in [0.2, 0.25) is 11.8 Å². The summed E-state index contributed by atoms with van der Waals surface area (Å²) in [5, 5.41) is 13.4. The van der Waals surface area contributed by atoms with Crippen molar-refractivity contribution in [3.8, 4) is 0 Å². The predicted octanol–water partition coefficient (Wildman–Crippen LogP) is 0.264. The van der Waals surface area contributed by atoms with Gasteiger partial charge in [0.25, 0.3) is 0 Å². The number of anilines is 1. The smallest absolute Gasteiger partial charge is 0.335 e. The highest BCUT2D eigenvalue weighted by atomic mass is 16.4. The number of rotatable bonds is 2. The number of carbonyl (C=O) groups is 4. The van der Waals surface area contributed by atoms with Gasteiger partial charge in [0.15, 0.2) is 0 Å². The van der Waals surface area contributed by atoms with E-state index in [-0.39, 0.29) is 12.1 Å². The molecule has 0 radical (unpaired) electrons. The third kappa shape index (κ3) is 3.16. The van der Waals surface area contributed by atoms with Gasteiger partial charge in [-0.1, -0.05) is 0 Å². The maximum Gasteiger partial charge on any atom is 0.335 e. The second kappa shape index (κ2) is 5.61. The number of hydrogen-bond acceptors (Lipinski definition) is 4. The molecule has 8 nitrogen and oxygen atoms in total. The molecular formula is C13H13N3O5. The number of urea groups is 1. The quantitative estimate of drug-likeness (QED) is 0.676. The minimum Gasteiger partial charge on any atom is -0.478 e. The van der Waals surface area contributed by atoms with E-state index < -0.39 is 29.9 Å². The standard InChI is InChI=1S/C13H13N3O5/c1-7-11(18)15-10(17)6-16(7)13(21)14-9-4-2-8(3-5-9)12(19)20/h2-5,7H,6H2,1H3,(H,14,21)(H,19,20)(H,15,17,18). The van der Waals surface area contributed by atoms with Crippen LogP contribution in [0.3, 0.4) is 0 Å². The first kappa shape index (κ1) is 14.5. The first-order valence-electron chi connectivity index (χ1n) is 6.13. The van der Waals surface area contributed by atoms with Gasteiger partial charge in [-0.15, -0.1) is 0 Å². The molecule has 110 valence electrons. The maximum atomic E-state index is 12.1. The molecule has 1 fully saturated rings. The Kier molecular flexibility index (Phi) is 3.88. The molecule has 1 aromatic rings. The van der Waals surface area contributed by atoms with Crippen LogP contribution < -0.4 is 10.6 Å². The second-order valence-corrected chi connectivity index (χ2v) is 4.53. The summed E-state index contributed by atoms with van der Waals surface area (Å²) in [5.41, 5.74) is 0.463. The monoisotopic (exact) mass is 291 g/mol. The fraction of sp³-hybridized carbons (Fsp3) is 0.231.